The Hall–Kier alpha value is -5.09. The molecule has 7 rings (SSSR count). The summed E-state index contributed by atoms with van der Waals surface area (Å²) in [6.45, 7) is 1.53. The van der Waals surface area contributed by atoms with Crippen molar-refractivity contribution < 1.29 is 9.18 Å². The van der Waals surface area contributed by atoms with Crippen molar-refractivity contribution in [3.05, 3.63) is 79.0 Å². The number of anilines is 2. The van der Waals surface area contributed by atoms with Crippen LogP contribution in [0, 0.1) is 11.7 Å². The van der Waals surface area contributed by atoms with E-state index in [1.165, 1.54) is 12.1 Å². The third-order valence-electron chi connectivity index (χ3n) is 7.71. The second kappa shape index (κ2) is 11.0. The summed E-state index contributed by atoms with van der Waals surface area (Å²) in [5.74, 6) is -0.154. The average molecular weight is 575 g/mol. The number of amides is 1. The molecule has 9 nitrogen and oxygen atoms in total. The number of carbonyl (C=O) groups excluding carboxylic acids is 1. The van der Waals surface area contributed by atoms with Crippen LogP contribution in [0.4, 0.5) is 15.8 Å². The molecule has 1 amide bonds. The van der Waals surface area contributed by atoms with Crippen molar-refractivity contribution in [2.45, 2.75) is 12.8 Å². The van der Waals surface area contributed by atoms with Gasteiger partial charge in [-0.15, -0.1) is 0 Å². The summed E-state index contributed by atoms with van der Waals surface area (Å²) in [5.41, 5.74) is 7.97. The Kier molecular flexibility index (Phi) is 6.83. The average Bonchev–Trinajstić information content (AvgIpc) is 3.62. The van der Waals surface area contributed by atoms with Gasteiger partial charge in [0.25, 0.3) is 0 Å². The molecule has 0 aliphatic heterocycles. The summed E-state index contributed by atoms with van der Waals surface area (Å²) >= 11 is 0. The first-order valence-corrected chi connectivity index (χ1v) is 14.3. The Balaban J connectivity index is 1.23. The molecule has 0 saturated heterocycles. The monoisotopic (exact) mass is 574 g/mol. The number of likely N-dealkylation sites (N-methyl/N-ethyl adjacent to an activating group) is 1. The quantitative estimate of drug-likeness (QED) is 0.161. The van der Waals surface area contributed by atoms with E-state index in [0.717, 1.165) is 63.7 Å². The van der Waals surface area contributed by atoms with Crippen molar-refractivity contribution in [1.29, 1.82) is 0 Å². The lowest BCUT2D eigenvalue weighted by Gasteiger charge is -2.12. The molecule has 1 saturated carbocycles. The van der Waals surface area contributed by atoms with Gasteiger partial charge in [-0.2, -0.15) is 5.10 Å². The largest absolute Gasteiger partial charge is 0.384 e. The molecule has 6 aromatic rings. The van der Waals surface area contributed by atoms with Crippen LogP contribution in [0.1, 0.15) is 12.8 Å². The summed E-state index contributed by atoms with van der Waals surface area (Å²) in [5, 5.41) is 15.9. The van der Waals surface area contributed by atoms with Crippen LogP contribution in [-0.2, 0) is 4.79 Å². The van der Waals surface area contributed by atoms with Crippen LogP contribution in [-0.4, -0.2) is 63.1 Å². The number of nitrogens with one attached hydrogen (secondary N) is 4. The molecule has 0 radical (unpaired) electrons. The highest BCUT2D eigenvalue weighted by Gasteiger charge is 2.29. The minimum atomic E-state index is -0.323. The van der Waals surface area contributed by atoms with E-state index in [1.807, 2.05) is 50.5 Å². The van der Waals surface area contributed by atoms with Crippen LogP contribution in [0.15, 0.2) is 73.2 Å². The molecule has 2 aromatic carbocycles. The van der Waals surface area contributed by atoms with Gasteiger partial charge < -0.3 is 20.5 Å². The number of hydrogen-bond acceptors (Lipinski definition) is 6. The minimum absolute atomic E-state index is 0.0502. The zero-order valence-electron chi connectivity index (χ0n) is 23.9. The third-order valence-corrected chi connectivity index (χ3v) is 7.71. The SMILES string of the molecule is CN(C)CCNc1cc(F)cc(-c2nccc3[nH]c(-c4n[nH]c5ccc(-c6cncc(NC(=O)C7CC7)c6)cc45)cc23)c1. The molecular weight excluding hydrogens is 543 g/mol. The maximum atomic E-state index is 14.7. The maximum Gasteiger partial charge on any atom is 0.227 e. The number of H-pyrrole nitrogens is 2. The Morgan fingerprint density at radius 3 is 2.60 bits per heavy atom. The molecule has 10 heteroatoms. The second-order valence-corrected chi connectivity index (χ2v) is 11.3. The summed E-state index contributed by atoms with van der Waals surface area (Å²) in [7, 11) is 4.00. The van der Waals surface area contributed by atoms with Crippen molar-refractivity contribution in [3.8, 4) is 33.8 Å². The molecule has 4 heterocycles. The van der Waals surface area contributed by atoms with Gasteiger partial charge in [0, 0.05) is 64.5 Å². The standard InChI is InChI=1S/C33H31FN8O/c1-42(2)10-9-36-24-12-21(11-23(34)15-24)31-27-16-30(39-28(27)7-8-37-31)32-26-14-20(5-6-29(26)40-41-32)22-13-25(18-35-17-22)38-33(43)19-3-4-19/h5-8,11-19,36,39H,3-4,9-10H2,1-2H3,(H,38,43)(H,40,41). The molecule has 4 N–H and O–H groups in total. The van der Waals surface area contributed by atoms with Crippen molar-refractivity contribution in [2.24, 2.45) is 5.92 Å². The predicted octanol–water partition coefficient (Wildman–Crippen LogP) is 6.30. The van der Waals surface area contributed by atoms with E-state index in [0.29, 0.717) is 29.2 Å². The molecule has 1 aliphatic rings. The van der Waals surface area contributed by atoms with Gasteiger partial charge >= 0.3 is 0 Å². The number of fused-ring (bicyclic) bond motifs is 2. The smallest absolute Gasteiger partial charge is 0.227 e. The first kappa shape index (κ1) is 26.8. The van der Waals surface area contributed by atoms with Gasteiger partial charge in [0.05, 0.1) is 28.8 Å². The summed E-state index contributed by atoms with van der Waals surface area (Å²) in [4.78, 5) is 26.8. The molecule has 0 bridgehead atoms. The number of pyridine rings is 2. The molecule has 0 spiro atoms. The zero-order valence-corrected chi connectivity index (χ0v) is 23.9. The predicted molar refractivity (Wildman–Crippen MR) is 168 cm³/mol. The molecular formula is C33H31FN8O. The molecule has 0 atom stereocenters. The normalized spacial score (nSPS) is 13.2. The number of aromatic amines is 2. The van der Waals surface area contributed by atoms with Crippen LogP contribution in [0.2, 0.25) is 0 Å². The highest BCUT2D eigenvalue weighted by atomic mass is 19.1. The van der Waals surface area contributed by atoms with Crippen LogP contribution in [0.3, 0.4) is 0 Å². The third kappa shape index (κ3) is 5.56. The highest BCUT2D eigenvalue weighted by Crippen LogP contribution is 2.36. The van der Waals surface area contributed by atoms with Crippen LogP contribution >= 0.6 is 0 Å². The Morgan fingerprint density at radius 1 is 0.930 bits per heavy atom. The number of hydrogen-bond donors (Lipinski definition) is 4. The first-order valence-electron chi connectivity index (χ1n) is 14.3. The minimum Gasteiger partial charge on any atom is -0.384 e. The zero-order chi connectivity index (χ0) is 29.5. The van der Waals surface area contributed by atoms with Gasteiger partial charge in [0.15, 0.2) is 0 Å². The highest BCUT2D eigenvalue weighted by molar-refractivity contribution is 6.01. The number of nitrogens with zero attached hydrogens (tertiary/aromatic N) is 4. The molecule has 43 heavy (non-hydrogen) atoms. The van der Waals surface area contributed by atoms with Crippen LogP contribution in [0.25, 0.3) is 55.6 Å². The van der Waals surface area contributed by atoms with Gasteiger partial charge in [-0.3, -0.25) is 19.9 Å². The van der Waals surface area contributed by atoms with Crippen LogP contribution in [0.5, 0.6) is 0 Å². The molecule has 4 aromatic heterocycles. The van der Waals surface area contributed by atoms with Crippen molar-refractivity contribution >= 4 is 39.1 Å². The fourth-order valence-electron chi connectivity index (χ4n) is 5.32. The van der Waals surface area contributed by atoms with Crippen molar-refractivity contribution in [2.75, 3.05) is 37.8 Å². The van der Waals surface area contributed by atoms with Gasteiger partial charge in [0.1, 0.15) is 11.5 Å². The van der Waals surface area contributed by atoms with E-state index in [4.69, 9.17) is 0 Å². The number of benzene rings is 2. The maximum absolute atomic E-state index is 14.7. The number of halogens is 1. The van der Waals surface area contributed by atoms with E-state index in [1.54, 1.807) is 18.6 Å². The van der Waals surface area contributed by atoms with Crippen LogP contribution < -0.4 is 10.6 Å². The molecule has 1 aliphatic carbocycles. The van der Waals surface area contributed by atoms with E-state index in [2.05, 4.69) is 46.7 Å². The number of aromatic nitrogens is 5. The van der Waals surface area contributed by atoms with Crippen molar-refractivity contribution in [1.82, 2.24) is 30.0 Å². The Morgan fingerprint density at radius 2 is 1.77 bits per heavy atom. The van der Waals surface area contributed by atoms with Crippen molar-refractivity contribution in [3.63, 3.8) is 0 Å². The summed E-state index contributed by atoms with van der Waals surface area (Å²) in [6.07, 6.45) is 7.08. The Labute approximate surface area is 247 Å². The number of carbonyl (C=O) groups is 1. The lowest BCUT2D eigenvalue weighted by atomic mass is 10.0. The van der Waals surface area contributed by atoms with E-state index >= 15 is 0 Å². The van der Waals surface area contributed by atoms with E-state index in [-0.39, 0.29) is 17.6 Å². The fourth-order valence-corrected chi connectivity index (χ4v) is 5.32. The Bertz CT molecular complexity index is 1970. The van der Waals surface area contributed by atoms with E-state index < -0.39 is 0 Å². The lowest BCUT2D eigenvalue weighted by Crippen LogP contribution is -2.20. The molecule has 1 fully saturated rings. The molecule has 0 unspecified atom stereocenters. The fraction of sp³-hybridized carbons (Fsp3) is 0.212. The van der Waals surface area contributed by atoms with E-state index in [9.17, 15) is 9.18 Å². The second-order valence-electron chi connectivity index (χ2n) is 11.3. The van der Waals surface area contributed by atoms with Gasteiger partial charge in [0.2, 0.25) is 5.91 Å². The van der Waals surface area contributed by atoms with Gasteiger partial charge in [-0.1, -0.05) is 6.07 Å². The molecule has 216 valence electrons. The summed E-state index contributed by atoms with van der Waals surface area (Å²) in [6, 6.07) is 16.9. The van der Waals surface area contributed by atoms with Gasteiger partial charge in [-0.05, 0) is 81.0 Å². The summed E-state index contributed by atoms with van der Waals surface area (Å²) < 4.78 is 14.7. The lowest BCUT2D eigenvalue weighted by molar-refractivity contribution is -0.117. The first-order chi connectivity index (χ1) is 20.9. The topological polar surface area (TPSA) is 115 Å². The number of rotatable bonds is 9. The van der Waals surface area contributed by atoms with Gasteiger partial charge in [-0.25, -0.2) is 4.39 Å².